The van der Waals surface area contributed by atoms with Crippen LogP contribution in [0.5, 0.6) is 0 Å². The molecule has 0 aliphatic carbocycles. The Kier molecular flexibility index (Phi) is 14.7. The van der Waals surface area contributed by atoms with Crippen molar-refractivity contribution in [1.29, 1.82) is 10.5 Å². The zero-order chi connectivity index (χ0) is 69.2. The van der Waals surface area contributed by atoms with Gasteiger partial charge in [0.15, 0.2) is 11.6 Å². The third-order valence-electron chi connectivity index (χ3n) is 19.9. The highest BCUT2D eigenvalue weighted by molar-refractivity contribution is 6.29. The fourth-order valence-electron chi connectivity index (χ4n) is 15.6. The number of hydrogen-bond donors (Lipinski definition) is 0. The number of para-hydroxylation sites is 8. The Hall–Kier alpha value is -14.6. The van der Waals surface area contributed by atoms with Crippen molar-refractivity contribution in [3.63, 3.8) is 0 Å². The molecule has 0 aliphatic rings. The summed E-state index contributed by atoms with van der Waals surface area (Å²) in [7, 11) is 0. The van der Waals surface area contributed by atoms with Gasteiger partial charge in [0.2, 0.25) is 0 Å². The molecule has 0 radical (unpaired) electrons. The van der Waals surface area contributed by atoms with E-state index in [4.69, 9.17) is 19.9 Å². The summed E-state index contributed by atoms with van der Waals surface area (Å²) < 4.78 is 9.39. The monoisotopic (exact) mass is 1330 g/mol. The molecule has 20 rings (SSSR count). The zero-order valence-corrected chi connectivity index (χ0v) is 56.0. The van der Waals surface area contributed by atoms with E-state index in [9.17, 15) is 10.5 Å². The van der Waals surface area contributed by atoms with Crippen molar-refractivity contribution in [3.05, 3.63) is 363 Å². The van der Waals surface area contributed by atoms with E-state index in [1.54, 1.807) is 0 Å². The van der Waals surface area contributed by atoms with Crippen LogP contribution in [0.1, 0.15) is 11.1 Å². The molecule has 0 bridgehead atoms. The highest BCUT2D eigenvalue weighted by Gasteiger charge is 2.31. The first-order valence-corrected chi connectivity index (χ1v) is 34.7. The number of benzene rings is 14. The van der Waals surface area contributed by atoms with E-state index < -0.39 is 0 Å². The molecular weight excluding hydrogens is 1270 g/mol. The third kappa shape index (κ3) is 9.85. The molecule has 104 heavy (non-hydrogen) atoms. The lowest BCUT2D eigenvalue weighted by Gasteiger charge is -2.17. The van der Waals surface area contributed by atoms with Crippen LogP contribution in [0, 0.1) is 22.7 Å². The molecule has 0 unspecified atom stereocenters. The van der Waals surface area contributed by atoms with Crippen LogP contribution in [-0.2, 0) is 0 Å². The Balaban J connectivity index is 0.000000143. The first-order chi connectivity index (χ1) is 51.6. The highest BCUT2D eigenvalue weighted by Crippen LogP contribution is 2.50. The van der Waals surface area contributed by atoms with Gasteiger partial charge in [0, 0.05) is 93.7 Å². The second-order valence-electron chi connectivity index (χ2n) is 25.8. The van der Waals surface area contributed by atoms with Crippen molar-refractivity contribution in [2.24, 2.45) is 0 Å². The number of hydrogen-bond acceptors (Lipinski definition) is 6. The Bertz CT molecular complexity index is 6420. The molecular formula is C94H58N10. The van der Waals surface area contributed by atoms with Crippen molar-refractivity contribution in [3.8, 4) is 103 Å². The SMILES string of the molecule is N#Cc1c(-c2ccccc2)nc(-c2c3c(cc4c5ccccc5n(-c5ccccc5)c24)c2ccccc2n3-c2ccccc2)nc1-c1ccccc1.N#Cc1c(-c2ccccc2)nc(-c2c3c4ccccc4n(-c4ccccc4)c3cc3c2c2ccccc2n3-c2ccccc2)nc1-c1ccccc1. The zero-order valence-electron chi connectivity index (χ0n) is 56.0. The molecule has 10 heteroatoms. The van der Waals surface area contributed by atoms with Crippen molar-refractivity contribution >= 4 is 87.2 Å². The highest BCUT2D eigenvalue weighted by atomic mass is 15.0. The molecule has 0 amide bonds. The van der Waals surface area contributed by atoms with E-state index in [1.165, 1.54) is 0 Å². The summed E-state index contributed by atoms with van der Waals surface area (Å²) in [5, 5.41) is 30.3. The quantitative estimate of drug-likeness (QED) is 0.135. The summed E-state index contributed by atoms with van der Waals surface area (Å²) >= 11 is 0. The summed E-state index contributed by atoms with van der Waals surface area (Å²) in [6.45, 7) is 0. The fourth-order valence-corrected chi connectivity index (χ4v) is 15.6. The van der Waals surface area contributed by atoms with Crippen LogP contribution in [0.2, 0.25) is 0 Å². The normalized spacial score (nSPS) is 11.4. The molecule has 10 nitrogen and oxygen atoms in total. The Labute approximate surface area is 598 Å². The van der Waals surface area contributed by atoms with E-state index in [0.29, 0.717) is 45.6 Å². The maximum absolute atomic E-state index is 10.8. The van der Waals surface area contributed by atoms with Crippen molar-refractivity contribution in [2.75, 3.05) is 0 Å². The molecule has 14 aromatic carbocycles. The molecule has 20 aromatic rings. The van der Waals surface area contributed by atoms with Gasteiger partial charge in [0.1, 0.15) is 23.3 Å². The van der Waals surface area contributed by atoms with Gasteiger partial charge in [-0.05, 0) is 84.9 Å². The predicted molar refractivity (Wildman–Crippen MR) is 423 cm³/mol. The molecule has 0 aliphatic heterocycles. The number of nitriles is 2. The van der Waals surface area contributed by atoms with Gasteiger partial charge in [-0.1, -0.05) is 267 Å². The lowest BCUT2D eigenvalue weighted by molar-refractivity contribution is 1.13. The predicted octanol–water partition coefficient (Wildman–Crippen LogP) is 23.1. The van der Waals surface area contributed by atoms with Crippen molar-refractivity contribution < 1.29 is 0 Å². The number of nitrogens with zero attached hydrogens (tertiary/aromatic N) is 10. The second-order valence-corrected chi connectivity index (χ2v) is 25.8. The minimum atomic E-state index is 0.441. The molecule has 0 N–H and O–H groups in total. The molecule has 0 saturated carbocycles. The largest absolute Gasteiger partial charge is 0.309 e. The molecule has 0 atom stereocenters. The summed E-state index contributed by atoms with van der Waals surface area (Å²) in [6.07, 6.45) is 0. The van der Waals surface area contributed by atoms with Gasteiger partial charge in [-0.2, -0.15) is 10.5 Å². The molecule has 0 saturated heterocycles. The van der Waals surface area contributed by atoms with Crippen molar-refractivity contribution in [2.45, 2.75) is 0 Å². The van der Waals surface area contributed by atoms with E-state index in [-0.39, 0.29) is 0 Å². The molecule has 6 aromatic heterocycles. The summed E-state index contributed by atoms with van der Waals surface area (Å²) in [4.78, 5) is 21.6. The molecule has 0 fully saturated rings. The Morgan fingerprint density at radius 1 is 0.221 bits per heavy atom. The lowest BCUT2D eigenvalue weighted by Crippen LogP contribution is -2.05. The van der Waals surface area contributed by atoms with Crippen molar-refractivity contribution in [1.82, 2.24) is 38.2 Å². The van der Waals surface area contributed by atoms with Gasteiger partial charge >= 0.3 is 0 Å². The first kappa shape index (κ1) is 60.6. The van der Waals surface area contributed by atoms with Gasteiger partial charge in [-0.3, -0.25) is 0 Å². The Morgan fingerprint density at radius 2 is 0.471 bits per heavy atom. The number of aromatic nitrogens is 8. The third-order valence-corrected chi connectivity index (χ3v) is 19.9. The Morgan fingerprint density at radius 3 is 0.779 bits per heavy atom. The van der Waals surface area contributed by atoms with E-state index in [2.05, 4.69) is 249 Å². The molecule has 484 valence electrons. The smallest absolute Gasteiger partial charge is 0.164 e. The molecule has 0 spiro atoms. The topological polar surface area (TPSA) is 119 Å². The van der Waals surface area contributed by atoms with Crippen LogP contribution in [0.15, 0.2) is 352 Å². The van der Waals surface area contributed by atoms with E-state index in [1.807, 2.05) is 133 Å². The van der Waals surface area contributed by atoms with Crippen LogP contribution in [-0.4, -0.2) is 38.2 Å². The van der Waals surface area contributed by atoms with Crippen LogP contribution in [0.4, 0.5) is 0 Å². The first-order valence-electron chi connectivity index (χ1n) is 34.7. The average molecular weight is 1330 g/mol. The van der Waals surface area contributed by atoms with Crippen LogP contribution < -0.4 is 0 Å². The van der Waals surface area contributed by atoms with E-state index in [0.717, 1.165) is 143 Å². The average Bonchev–Trinajstić information content (AvgIpc) is 1.53. The van der Waals surface area contributed by atoms with Gasteiger partial charge < -0.3 is 18.3 Å². The number of fused-ring (bicyclic) bond motifs is 12. The van der Waals surface area contributed by atoms with Gasteiger partial charge in [0.25, 0.3) is 0 Å². The van der Waals surface area contributed by atoms with Gasteiger partial charge in [-0.15, -0.1) is 0 Å². The molecule has 6 heterocycles. The summed E-state index contributed by atoms with van der Waals surface area (Å²) in [6, 6.07) is 126. The number of rotatable bonds is 10. The fraction of sp³-hybridized carbons (Fsp3) is 0. The van der Waals surface area contributed by atoms with Gasteiger partial charge in [0.05, 0.1) is 72.5 Å². The maximum atomic E-state index is 10.8. The second kappa shape index (κ2) is 25.3. The van der Waals surface area contributed by atoms with E-state index >= 15 is 0 Å². The summed E-state index contributed by atoms with van der Waals surface area (Å²) in [5.74, 6) is 1.12. The van der Waals surface area contributed by atoms with Crippen LogP contribution >= 0.6 is 0 Å². The van der Waals surface area contributed by atoms with Crippen LogP contribution in [0.3, 0.4) is 0 Å². The van der Waals surface area contributed by atoms with Crippen LogP contribution in [0.25, 0.3) is 178 Å². The minimum Gasteiger partial charge on any atom is -0.309 e. The van der Waals surface area contributed by atoms with Gasteiger partial charge in [-0.25, -0.2) is 19.9 Å². The maximum Gasteiger partial charge on any atom is 0.164 e. The minimum absolute atomic E-state index is 0.441. The standard InChI is InChI=1S/2C47H29N5/c48-30-37-45(31-17-5-1-6-18-31)49-47(50-46(37)32-19-7-2-8-20-32)44-42-35-25-13-15-27-38(35)51(33-21-9-3-10-22-33)40(42)29-41-43(44)36-26-14-16-28-39(36)52(41)34-23-11-4-12-24-34;48-30-39-43(31-17-5-1-6-18-31)49-47(50-44(39)32-19-7-2-8-20-32)42-45-37(35-25-13-15-27-40(35)51(45)33-21-9-3-10-22-33)29-38-36-26-14-16-28-41(36)52(46(38)42)34-23-11-4-12-24-34/h2*1-29H. The summed E-state index contributed by atoms with van der Waals surface area (Å²) in [5.41, 5.74) is 21.2. The lowest BCUT2D eigenvalue weighted by atomic mass is 9.97.